The number of carbonyl (C=O) groups excluding carboxylic acids is 1. The van der Waals surface area contributed by atoms with E-state index < -0.39 is 0 Å². The number of hydrogen-bond donors (Lipinski definition) is 3. The summed E-state index contributed by atoms with van der Waals surface area (Å²) >= 11 is 0. The van der Waals surface area contributed by atoms with Gasteiger partial charge < -0.3 is 11.5 Å². The highest BCUT2D eigenvalue weighted by Gasteiger charge is 2.15. The second-order valence-electron chi connectivity index (χ2n) is 2.82. The monoisotopic (exact) mass is 178 g/mol. The van der Waals surface area contributed by atoms with Crippen molar-refractivity contribution in [2.45, 2.75) is 6.92 Å². The Labute approximate surface area is 76.1 Å². The summed E-state index contributed by atoms with van der Waals surface area (Å²) in [6, 6.07) is 4.87. The van der Waals surface area contributed by atoms with Crippen molar-refractivity contribution in [2.75, 3.05) is 11.5 Å². The van der Waals surface area contributed by atoms with Crippen molar-refractivity contribution >= 4 is 22.9 Å². The van der Waals surface area contributed by atoms with Crippen LogP contribution >= 0.6 is 0 Å². The molecule has 6 N–H and O–H groups in total. The minimum atomic E-state index is -0.211. The predicted molar refractivity (Wildman–Crippen MR) is 52.0 cm³/mol. The first-order valence-electron chi connectivity index (χ1n) is 3.81. The highest BCUT2D eigenvalue weighted by molar-refractivity contribution is 6.43. The minimum absolute atomic E-state index is 0.143. The maximum atomic E-state index is 10.9. The lowest BCUT2D eigenvalue weighted by molar-refractivity contribution is -0.132. The van der Waals surface area contributed by atoms with Gasteiger partial charge in [0.1, 0.15) is 0 Å². The Morgan fingerprint density at radius 3 is 2.54 bits per heavy atom. The summed E-state index contributed by atoms with van der Waals surface area (Å²) in [5, 5.41) is 5.54. The molecule has 1 aromatic carbocycles. The van der Waals surface area contributed by atoms with E-state index in [1.54, 1.807) is 18.2 Å². The number of anilines is 2. The fourth-order valence-electron chi connectivity index (χ4n) is 0.997. The first kappa shape index (κ1) is 9.25. The molecule has 0 fully saturated rings. The lowest BCUT2D eigenvalue weighted by Crippen LogP contribution is -2.44. The number of rotatable bonds is 2. The molecule has 0 aliphatic rings. The average Bonchev–Trinajstić information content (AvgIpc) is 2.08. The summed E-state index contributed by atoms with van der Waals surface area (Å²) in [5.41, 5.74) is 12.8. The Balaban J connectivity index is 3.21. The van der Waals surface area contributed by atoms with Crippen molar-refractivity contribution in [3.8, 4) is 0 Å². The van der Waals surface area contributed by atoms with Crippen molar-refractivity contribution < 1.29 is 10.2 Å². The maximum absolute atomic E-state index is 10.9. The fraction of sp³-hybridized carbons (Fsp3) is 0.111. The molecule has 0 heterocycles. The van der Waals surface area contributed by atoms with E-state index in [0.717, 1.165) is 0 Å². The molecule has 0 unspecified atom stereocenters. The predicted octanol–water partition coefficient (Wildman–Crippen LogP) is -1.01. The van der Waals surface area contributed by atoms with Crippen LogP contribution in [0.2, 0.25) is 0 Å². The summed E-state index contributed by atoms with van der Waals surface area (Å²) < 4.78 is 0. The SMILES string of the molecule is CC(=O)C(=[NH2+])c1cc(N)ccc1N. The first-order chi connectivity index (χ1) is 6.02. The Kier molecular flexibility index (Phi) is 2.32. The molecule has 1 rings (SSSR count). The quantitative estimate of drug-likeness (QED) is 0.400. The third-order valence-electron chi connectivity index (χ3n) is 1.75. The van der Waals surface area contributed by atoms with Crippen LogP contribution in [0, 0.1) is 0 Å². The second-order valence-corrected chi connectivity index (χ2v) is 2.82. The number of Topliss-reactive ketones (excluding diaryl/α,β-unsaturated/α-hetero) is 1. The molecule has 0 saturated heterocycles. The van der Waals surface area contributed by atoms with Gasteiger partial charge in [0.25, 0.3) is 0 Å². The van der Waals surface area contributed by atoms with Gasteiger partial charge in [-0.15, -0.1) is 0 Å². The summed E-state index contributed by atoms with van der Waals surface area (Å²) in [5.74, 6) is -0.211. The van der Waals surface area contributed by atoms with E-state index in [1.165, 1.54) is 6.92 Å². The molecule has 1 aromatic rings. The van der Waals surface area contributed by atoms with E-state index in [2.05, 4.69) is 0 Å². The highest BCUT2D eigenvalue weighted by atomic mass is 16.1. The Morgan fingerprint density at radius 1 is 1.38 bits per heavy atom. The molecule has 4 nitrogen and oxygen atoms in total. The summed E-state index contributed by atoms with van der Waals surface area (Å²) in [6.45, 7) is 1.39. The lowest BCUT2D eigenvalue weighted by Gasteiger charge is -2.01. The number of nitrogens with two attached hydrogens (primary N) is 3. The van der Waals surface area contributed by atoms with Gasteiger partial charge in [0.15, 0.2) is 0 Å². The largest absolute Gasteiger partial charge is 0.399 e. The third-order valence-corrected chi connectivity index (χ3v) is 1.75. The summed E-state index contributed by atoms with van der Waals surface area (Å²) in [4.78, 5) is 10.9. The van der Waals surface area contributed by atoms with Crippen LogP contribution in [-0.2, 0) is 4.79 Å². The van der Waals surface area contributed by atoms with E-state index in [0.29, 0.717) is 16.9 Å². The van der Waals surface area contributed by atoms with E-state index in [9.17, 15) is 4.79 Å². The number of benzene rings is 1. The minimum Gasteiger partial charge on any atom is -0.399 e. The normalized spacial score (nSPS) is 9.62. The van der Waals surface area contributed by atoms with Crippen LogP contribution in [0.1, 0.15) is 12.5 Å². The van der Waals surface area contributed by atoms with Gasteiger partial charge in [-0.05, 0) is 18.2 Å². The van der Waals surface area contributed by atoms with Crippen LogP contribution in [-0.4, -0.2) is 11.5 Å². The van der Waals surface area contributed by atoms with Crippen LogP contribution in [0.15, 0.2) is 18.2 Å². The molecule has 0 saturated carbocycles. The topological polar surface area (TPSA) is 94.7 Å². The van der Waals surface area contributed by atoms with E-state index in [4.69, 9.17) is 16.9 Å². The van der Waals surface area contributed by atoms with Crippen molar-refractivity contribution in [3.63, 3.8) is 0 Å². The van der Waals surface area contributed by atoms with E-state index in [1.807, 2.05) is 0 Å². The zero-order valence-corrected chi connectivity index (χ0v) is 7.37. The molecule has 0 amide bonds. The van der Waals surface area contributed by atoms with Crippen LogP contribution in [0.5, 0.6) is 0 Å². The number of carbonyl (C=O) groups is 1. The van der Waals surface area contributed by atoms with Gasteiger partial charge in [0.2, 0.25) is 11.5 Å². The zero-order chi connectivity index (χ0) is 10.0. The zero-order valence-electron chi connectivity index (χ0n) is 7.37. The lowest BCUT2D eigenvalue weighted by atomic mass is 10.0. The fourth-order valence-corrected chi connectivity index (χ4v) is 0.997. The maximum Gasteiger partial charge on any atom is 0.249 e. The van der Waals surface area contributed by atoms with Gasteiger partial charge in [-0.3, -0.25) is 10.2 Å². The standard InChI is InChI=1S/C9H11N3O/c1-5(13)9(12)7-4-6(10)2-3-8(7)11/h2-4,12H,10-11H2,1H3/p+1. The van der Waals surface area contributed by atoms with Crippen molar-refractivity contribution in [1.29, 1.82) is 0 Å². The van der Waals surface area contributed by atoms with Crippen molar-refractivity contribution in [2.24, 2.45) is 0 Å². The van der Waals surface area contributed by atoms with Gasteiger partial charge in [-0.25, -0.2) is 0 Å². The van der Waals surface area contributed by atoms with Crippen LogP contribution in [0.25, 0.3) is 0 Å². The first-order valence-corrected chi connectivity index (χ1v) is 3.81. The molecule has 0 bridgehead atoms. The van der Waals surface area contributed by atoms with Crippen LogP contribution in [0.3, 0.4) is 0 Å². The molecule has 0 spiro atoms. The summed E-state index contributed by atoms with van der Waals surface area (Å²) in [6.07, 6.45) is 0. The van der Waals surface area contributed by atoms with E-state index in [-0.39, 0.29) is 11.5 Å². The van der Waals surface area contributed by atoms with Crippen molar-refractivity contribution in [1.82, 2.24) is 0 Å². The Hall–Kier alpha value is -1.84. The van der Waals surface area contributed by atoms with Crippen LogP contribution < -0.4 is 16.9 Å². The van der Waals surface area contributed by atoms with Gasteiger partial charge in [-0.1, -0.05) is 0 Å². The average molecular weight is 178 g/mol. The van der Waals surface area contributed by atoms with Crippen LogP contribution in [0.4, 0.5) is 11.4 Å². The Bertz CT molecular complexity index is 371. The molecule has 0 aromatic heterocycles. The molecule has 4 heteroatoms. The Morgan fingerprint density at radius 2 is 2.00 bits per heavy atom. The second kappa shape index (κ2) is 3.26. The van der Waals surface area contributed by atoms with Crippen molar-refractivity contribution in [3.05, 3.63) is 23.8 Å². The number of ketones is 1. The molecule has 0 aliphatic heterocycles. The van der Waals surface area contributed by atoms with Gasteiger partial charge in [0, 0.05) is 18.3 Å². The number of nitrogen functional groups attached to an aromatic ring is 2. The number of hydrogen-bond acceptors (Lipinski definition) is 3. The van der Waals surface area contributed by atoms with E-state index >= 15 is 0 Å². The smallest absolute Gasteiger partial charge is 0.249 e. The van der Waals surface area contributed by atoms with Gasteiger partial charge in [-0.2, -0.15) is 0 Å². The molecule has 13 heavy (non-hydrogen) atoms. The van der Waals surface area contributed by atoms with Gasteiger partial charge in [0.05, 0.1) is 5.56 Å². The molecular weight excluding hydrogens is 166 g/mol. The molecule has 0 aliphatic carbocycles. The third kappa shape index (κ3) is 1.84. The molecule has 68 valence electrons. The molecular formula is C9H12N3O+. The van der Waals surface area contributed by atoms with Gasteiger partial charge >= 0.3 is 0 Å². The summed E-state index contributed by atoms with van der Waals surface area (Å²) in [7, 11) is 0. The molecule has 0 radical (unpaired) electrons. The highest BCUT2D eigenvalue weighted by Crippen LogP contribution is 2.15. The molecule has 0 atom stereocenters.